The molecule has 0 aliphatic carbocycles. The maximum atomic E-state index is 3.45. The fourth-order valence-electron chi connectivity index (χ4n) is 1.96. The Bertz CT molecular complexity index is 602. The Morgan fingerprint density at radius 2 is 1.40 bits per heavy atom. The molecule has 102 valence electrons. The SMILES string of the molecule is Brc1ccc(-c2cc3ccccc3[cH-]2)cc1.[Cl-].[Cl-].[Cl-].[Zr+4]. The Morgan fingerprint density at radius 1 is 0.800 bits per heavy atom. The van der Waals surface area contributed by atoms with Crippen LogP contribution in [-0.2, 0) is 26.2 Å². The van der Waals surface area contributed by atoms with Crippen LogP contribution >= 0.6 is 15.9 Å². The molecule has 0 heterocycles. The van der Waals surface area contributed by atoms with Crippen molar-refractivity contribution < 1.29 is 63.4 Å². The molecule has 0 fully saturated rings. The second-order valence-electron chi connectivity index (χ2n) is 3.88. The van der Waals surface area contributed by atoms with Gasteiger partial charge in [0.05, 0.1) is 0 Å². The number of halogens is 4. The summed E-state index contributed by atoms with van der Waals surface area (Å²) in [5, 5.41) is 2.61. The summed E-state index contributed by atoms with van der Waals surface area (Å²) in [6, 6.07) is 21.4. The summed E-state index contributed by atoms with van der Waals surface area (Å²) in [6.45, 7) is 0. The smallest absolute Gasteiger partial charge is 1.00 e. The van der Waals surface area contributed by atoms with Crippen molar-refractivity contribution in [2.75, 3.05) is 0 Å². The van der Waals surface area contributed by atoms with Crippen LogP contribution in [0.25, 0.3) is 21.9 Å². The third-order valence-electron chi connectivity index (χ3n) is 2.80. The van der Waals surface area contributed by atoms with Gasteiger partial charge in [-0.25, -0.2) is 0 Å². The molecule has 0 amide bonds. The van der Waals surface area contributed by atoms with Gasteiger partial charge in [-0.2, -0.15) is 0 Å². The average molecular weight is 468 g/mol. The van der Waals surface area contributed by atoms with Gasteiger partial charge in [-0.05, 0) is 0 Å². The molecule has 0 aliphatic rings. The molecule has 0 aliphatic heterocycles. The zero-order valence-electron chi connectivity index (χ0n) is 10.3. The van der Waals surface area contributed by atoms with Gasteiger partial charge in [0.25, 0.3) is 0 Å². The zero-order chi connectivity index (χ0) is 11.0. The molecule has 0 radical (unpaired) electrons. The second-order valence-corrected chi connectivity index (χ2v) is 4.80. The van der Waals surface area contributed by atoms with Crippen LogP contribution in [0.5, 0.6) is 0 Å². The molecule has 0 saturated carbocycles. The van der Waals surface area contributed by atoms with Crippen LogP contribution in [0, 0.1) is 0 Å². The van der Waals surface area contributed by atoms with Crippen LogP contribution in [-0.4, -0.2) is 0 Å². The molecular formula is C15H10BrCl3Zr. The molecule has 0 spiro atoms. The molecule has 20 heavy (non-hydrogen) atoms. The topological polar surface area (TPSA) is 0 Å². The maximum absolute atomic E-state index is 3.45. The quantitative estimate of drug-likeness (QED) is 0.320. The first-order valence-electron chi connectivity index (χ1n) is 5.24. The first-order chi connectivity index (χ1) is 7.83. The van der Waals surface area contributed by atoms with E-state index in [4.69, 9.17) is 0 Å². The first-order valence-corrected chi connectivity index (χ1v) is 6.04. The van der Waals surface area contributed by atoms with E-state index in [-0.39, 0.29) is 63.4 Å². The van der Waals surface area contributed by atoms with E-state index in [2.05, 4.69) is 76.6 Å². The van der Waals surface area contributed by atoms with Gasteiger partial charge in [0.1, 0.15) is 0 Å². The van der Waals surface area contributed by atoms with Crippen LogP contribution in [0.4, 0.5) is 0 Å². The fourth-order valence-corrected chi connectivity index (χ4v) is 2.22. The minimum Gasteiger partial charge on any atom is -1.00 e. The molecule has 3 aromatic rings. The predicted molar refractivity (Wildman–Crippen MR) is 72.7 cm³/mol. The van der Waals surface area contributed by atoms with Crippen LogP contribution in [0.3, 0.4) is 0 Å². The van der Waals surface area contributed by atoms with Crippen molar-refractivity contribution in [1.29, 1.82) is 0 Å². The summed E-state index contributed by atoms with van der Waals surface area (Å²) in [5.74, 6) is 0. The van der Waals surface area contributed by atoms with Gasteiger partial charge in [0, 0.05) is 4.47 Å². The van der Waals surface area contributed by atoms with Gasteiger partial charge in [0.2, 0.25) is 0 Å². The molecule has 0 aromatic heterocycles. The van der Waals surface area contributed by atoms with Gasteiger partial charge in [-0.15, -0.1) is 34.5 Å². The van der Waals surface area contributed by atoms with E-state index in [1.54, 1.807) is 0 Å². The Labute approximate surface area is 165 Å². The van der Waals surface area contributed by atoms with Gasteiger partial charge in [-0.1, -0.05) is 64.0 Å². The Balaban J connectivity index is 0. The van der Waals surface area contributed by atoms with Crippen molar-refractivity contribution in [3.63, 3.8) is 0 Å². The molecule has 0 saturated heterocycles. The number of rotatable bonds is 1. The third-order valence-corrected chi connectivity index (χ3v) is 3.32. The van der Waals surface area contributed by atoms with Gasteiger partial charge in [-0.3, -0.25) is 0 Å². The van der Waals surface area contributed by atoms with Crippen LogP contribution in [0.1, 0.15) is 0 Å². The molecule has 3 rings (SSSR count). The largest absolute Gasteiger partial charge is 4.00 e. The number of fused-ring (bicyclic) bond motifs is 1. The maximum Gasteiger partial charge on any atom is 4.00 e. The van der Waals surface area contributed by atoms with E-state index in [1.165, 1.54) is 21.9 Å². The molecule has 0 bridgehead atoms. The van der Waals surface area contributed by atoms with Crippen molar-refractivity contribution in [2.45, 2.75) is 0 Å². The van der Waals surface area contributed by atoms with Crippen molar-refractivity contribution in [1.82, 2.24) is 0 Å². The number of benzene rings is 2. The summed E-state index contributed by atoms with van der Waals surface area (Å²) in [4.78, 5) is 0. The predicted octanol–water partition coefficient (Wildman–Crippen LogP) is -4.00. The normalized spacial score (nSPS) is 8.65. The van der Waals surface area contributed by atoms with E-state index in [9.17, 15) is 0 Å². The van der Waals surface area contributed by atoms with E-state index >= 15 is 0 Å². The Kier molecular flexibility index (Phi) is 11.4. The van der Waals surface area contributed by atoms with Crippen molar-refractivity contribution >= 4 is 26.7 Å². The van der Waals surface area contributed by atoms with E-state index in [0.717, 1.165) is 4.47 Å². The van der Waals surface area contributed by atoms with Gasteiger partial charge < -0.3 is 37.2 Å². The monoisotopic (exact) mass is 464 g/mol. The average Bonchev–Trinajstić information content (AvgIpc) is 2.73. The molecule has 0 nitrogen and oxygen atoms in total. The van der Waals surface area contributed by atoms with Crippen molar-refractivity contribution in [2.24, 2.45) is 0 Å². The molecular weight excluding hydrogens is 458 g/mol. The van der Waals surface area contributed by atoms with E-state index in [1.807, 2.05) is 0 Å². The van der Waals surface area contributed by atoms with Crippen molar-refractivity contribution in [3.8, 4) is 11.1 Å². The fraction of sp³-hybridized carbons (Fsp3) is 0. The minimum absolute atomic E-state index is 0. The van der Waals surface area contributed by atoms with Crippen LogP contribution < -0.4 is 37.2 Å². The summed E-state index contributed by atoms with van der Waals surface area (Å²) >= 11 is 3.45. The third kappa shape index (κ3) is 4.93. The first kappa shape index (κ1) is 22.6. The standard InChI is InChI=1S/C15H10Br.3ClH.Zr/c16-15-7-5-11(6-8-15)14-9-12-3-1-2-4-13(12)10-14;;;;/h1-10H;3*1H;/q-1;;;;+4/p-3. The summed E-state index contributed by atoms with van der Waals surface area (Å²) < 4.78 is 1.12. The van der Waals surface area contributed by atoms with Crippen LogP contribution in [0.15, 0.2) is 65.1 Å². The molecule has 0 unspecified atom stereocenters. The minimum atomic E-state index is 0. The van der Waals surface area contributed by atoms with Crippen LogP contribution in [0.2, 0.25) is 0 Å². The number of hydrogen-bond donors (Lipinski definition) is 0. The molecule has 5 heteroatoms. The van der Waals surface area contributed by atoms with E-state index in [0.29, 0.717) is 0 Å². The molecule has 0 atom stereocenters. The Hall–Kier alpha value is 0.283. The summed E-state index contributed by atoms with van der Waals surface area (Å²) in [7, 11) is 0. The number of hydrogen-bond acceptors (Lipinski definition) is 0. The molecule has 0 N–H and O–H groups in total. The zero-order valence-corrected chi connectivity index (χ0v) is 16.6. The Morgan fingerprint density at radius 3 is 2.00 bits per heavy atom. The van der Waals surface area contributed by atoms with Gasteiger partial charge >= 0.3 is 26.2 Å². The van der Waals surface area contributed by atoms with Crippen molar-refractivity contribution in [3.05, 3.63) is 65.1 Å². The van der Waals surface area contributed by atoms with E-state index < -0.39 is 0 Å². The summed E-state index contributed by atoms with van der Waals surface area (Å²) in [6.07, 6.45) is 0. The van der Waals surface area contributed by atoms with Gasteiger partial charge in [0.15, 0.2) is 0 Å². The molecule has 3 aromatic carbocycles. The summed E-state index contributed by atoms with van der Waals surface area (Å²) in [5.41, 5.74) is 2.55. The second kappa shape index (κ2) is 10.1.